The summed E-state index contributed by atoms with van der Waals surface area (Å²) in [7, 11) is 0. The zero-order valence-electron chi connectivity index (χ0n) is 11.2. The van der Waals surface area contributed by atoms with E-state index in [9.17, 15) is 9.59 Å². The normalized spacial score (nSPS) is 17.5. The number of aromatic nitrogens is 1. The maximum absolute atomic E-state index is 11.7. The van der Waals surface area contributed by atoms with Crippen LogP contribution in [0.15, 0.2) is 36.7 Å². The Morgan fingerprint density at radius 2 is 2.10 bits per heavy atom. The third kappa shape index (κ3) is 4.19. The molecule has 2 rings (SSSR count). The molecule has 1 aromatic rings. The van der Waals surface area contributed by atoms with Crippen LogP contribution in [0.5, 0.6) is 0 Å². The number of amides is 1. The number of pyridine rings is 1. The van der Waals surface area contributed by atoms with Crippen molar-refractivity contribution in [2.75, 3.05) is 13.2 Å². The summed E-state index contributed by atoms with van der Waals surface area (Å²) in [6.45, 7) is 0.519. The molecule has 1 aliphatic rings. The second-order valence-corrected chi connectivity index (χ2v) is 4.64. The van der Waals surface area contributed by atoms with Gasteiger partial charge in [-0.15, -0.1) is 0 Å². The van der Waals surface area contributed by atoms with Gasteiger partial charge in [-0.25, -0.2) is 0 Å². The Labute approximate surface area is 118 Å². The van der Waals surface area contributed by atoms with E-state index in [0.29, 0.717) is 12.1 Å². The molecule has 1 heterocycles. The van der Waals surface area contributed by atoms with Crippen molar-refractivity contribution in [3.63, 3.8) is 0 Å². The van der Waals surface area contributed by atoms with Gasteiger partial charge in [0.15, 0.2) is 0 Å². The third-order valence-corrected chi connectivity index (χ3v) is 3.18. The Morgan fingerprint density at radius 3 is 2.80 bits per heavy atom. The van der Waals surface area contributed by atoms with Crippen LogP contribution in [0, 0.1) is 5.92 Å². The van der Waals surface area contributed by atoms with E-state index in [2.05, 4.69) is 16.4 Å². The fraction of sp³-hybridized carbons (Fsp3) is 0.400. The molecule has 5 nitrogen and oxygen atoms in total. The molecule has 5 heteroatoms. The first-order valence-electron chi connectivity index (χ1n) is 6.77. The molecule has 1 aromatic heterocycles. The van der Waals surface area contributed by atoms with Gasteiger partial charge in [0, 0.05) is 18.0 Å². The van der Waals surface area contributed by atoms with Crippen molar-refractivity contribution in [2.24, 2.45) is 5.92 Å². The average Bonchev–Trinajstić information content (AvgIpc) is 2.53. The van der Waals surface area contributed by atoms with Crippen molar-refractivity contribution >= 4 is 11.9 Å². The summed E-state index contributed by atoms with van der Waals surface area (Å²) in [6.07, 6.45) is 9.75. The van der Waals surface area contributed by atoms with Gasteiger partial charge in [0.25, 0.3) is 5.91 Å². The Bertz CT molecular complexity index is 485. The zero-order valence-corrected chi connectivity index (χ0v) is 11.2. The quantitative estimate of drug-likeness (QED) is 0.504. The molecular formula is C15H18N2O3. The lowest BCUT2D eigenvalue weighted by Crippen LogP contribution is -2.29. The predicted octanol–water partition coefficient (Wildman–Crippen LogP) is 1.71. The van der Waals surface area contributed by atoms with Crippen molar-refractivity contribution < 1.29 is 14.3 Å². The third-order valence-electron chi connectivity index (χ3n) is 3.18. The van der Waals surface area contributed by atoms with Crippen LogP contribution < -0.4 is 5.32 Å². The highest BCUT2D eigenvalue weighted by molar-refractivity contribution is 5.93. The monoisotopic (exact) mass is 274 g/mol. The number of esters is 1. The van der Waals surface area contributed by atoms with Gasteiger partial charge in [-0.05, 0) is 31.4 Å². The summed E-state index contributed by atoms with van der Waals surface area (Å²) in [5.74, 6) is -0.396. The first-order valence-corrected chi connectivity index (χ1v) is 6.77. The van der Waals surface area contributed by atoms with Crippen LogP contribution in [0.2, 0.25) is 0 Å². The Kier molecular flexibility index (Phi) is 5.29. The van der Waals surface area contributed by atoms with Crippen molar-refractivity contribution in [1.29, 1.82) is 0 Å². The first-order chi connectivity index (χ1) is 9.77. The van der Waals surface area contributed by atoms with Crippen LogP contribution in [0.25, 0.3) is 0 Å². The summed E-state index contributed by atoms with van der Waals surface area (Å²) >= 11 is 0. The van der Waals surface area contributed by atoms with Gasteiger partial charge in [-0.2, -0.15) is 0 Å². The van der Waals surface area contributed by atoms with Gasteiger partial charge >= 0.3 is 5.97 Å². The number of hydrogen-bond donors (Lipinski definition) is 1. The SMILES string of the molecule is O=C(NCCOC(=O)[C@@H]1CC=CCC1)c1ccncc1. The fourth-order valence-corrected chi connectivity index (χ4v) is 2.05. The summed E-state index contributed by atoms with van der Waals surface area (Å²) in [5, 5.41) is 2.70. The minimum atomic E-state index is -0.191. The maximum Gasteiger partial charge on any atom is 0.309 e. The highest BCUT2D eigenvalue weighted by atomic mass is 16.5. The molecule has 1 aliphatic carbocycles. The molecule has 1 atom stereocenters. The second kappa shape index (κ2) is 7.43. The molecule has 1 N–H and O–H groups in total. The molecule has 0 saturated carbocycles. The van der Waals surface area contributed by atoms with E-state index in [-0.39, 0.29) is 24.4 Å². The largest absolute Gasteiger partial charge is 0.464 e. The van der Waals surface area contributed by atoms with Crippen molar-refractivity contribution in [2.45, 2.75) is 19.3 Å². The molecular weight excluding hydrogens is 256 g/mol. The molecule has 1 amide bonds. The van der Waals surface area contributed by atoms with Crippen molar-refractivity contribution in [3.05, 3.63) is 42.2 Å². The van der Waals surface area contributed by atoms with Crippen LogP contribution in [-0.2, 0) is 9.53 Å². The summed E-state index contributed by atoms with van der Waals surface area (Å²) in [6, 6.07) is 3.27. The van der Waals surface area contributed by atoms with Gasteiger partial charge < -0.3 is 10.1 Å². The lowest BCUT2D eigenvalue weighted by Gasteiger charge is -2.16. The van der Waals surface area contributed by atoms with E-state index < -0.39 is 0 Å². The Morgan fingerprint density at radius 1 is 1.30 bits per heavy atom. The number of ether oxygens (including phenoxy) is 1. The zero-order chi connectivity index (χ0) is 14.2. The molecule has 0 radical (unpaired) electrons. The lowest BCUT2D eigenvalue weighted by molar-refractivity contribution is -0.148. The van der Waals surface area contributed by atoms with Gasteiger partial charge in [-0.3, -0.25) is 14.6 Å². The maximum atomic E-state index is 11.7. The van der Waals surface area contributed by atoms with Crippen LogP contribution >= 0.6 is 0 Å². The predicted molar refractivity (Wildman–Crippen MR) is 74.0 cm³/mol. The van der Waals surface area contributed by atoms with Crippen LogP contribution in [0.4, 0.5) is 0 Å². The minimum absolute atomic E-state index is 0.0316. The molecule has 0 fully saturated rings. The highest BCUT2D eigenvalue weighted by Crippen LogP contribution is 2.19. The molecule has 0 saturated heterocycles. The number of carbonyl (C=O) groups is 2. The number of rotatable bonds is 5. The van der Waals surface area contributed by atoms with E-state index in [1.807, 2.05) is 6.08 Å². The van der Waals surface area contributed by atoms with E-state index in [4.69, 9.17) is 4.74 Å². The Hall–Kier alpha value is -2.17. The van der Waals surface area contributed by atoms with Gasteiger partial charge in [0.05, 0.1) is 12.5 Å². The molecule has 0 spiro atoms. The van der Waals surface area contributed by atoms with Crippen molar-refractivity contribution in [1.82, 2.24) is 10.3 Å². The first kappa shape index (κ1) is 14.2. The summed E-state index contributed by atoms with van der Waals surface area (Å²) < 4.78 is 5.17. The molecule has 0 unspecified atom stereocenters. The van der Waals surface area contributed by atoms with E-state index in [1.165, 1.54) is 0 Å². The molecule has 0 bridgehead atoms. The smallest absolute Gasteiger partial charge is 0.309 e. The van der Waals surface area contributed by atoms with Crippen LogP contribution in [-0.4, -0.2) is 30.0 Å². The fourth-order valence-electron chi connectivity index (χ4n) is 2.05. The molecule has 0 aliphatic heterocycles. The average molecular weight is 274 g/mol. The minimum Gasteiger partial charge on any atom is -0.464 e. The van der Waals surface area contributed by atoms with Gasteiger partial charge in [-0.1, -0.05) is 12.2 Å². The van der Waals surface area contributed by atoms with E-state index in [1.54, 1.807) is 24.5 Å². The number of hydrogen-bond acceptors (Lipinski definition) is 4. The molecule has 0 aromatic carbocycles. The molecule has 20 heavy (non-hydrogen) atoms. The summed E-state index contributed by atoms with van der Waals surface area (Å²) in [5.41, 5.74) is 0.545. The van der Waals surface area contributed by atoms with Gasteiger partial charge in [0.1, 0.15) is 6.61 Å². The van der Waals surface area contributed by atoms with Crippen LogP contribution in [0.1, 0.15) is 29.6 Å². The number of carbonyl (C=O) groups excluding carboxylic acids is 2. The summed E-state index contributed by atoms with van der Waals surface area (Å²) in [4.78, 5) is 27.3. The topological polar surface area (TPSA) is 68.3 Å². The van der Waals surface area contributed by atoms with Gasteiger partial charge in [0.2, 0.25) is 0 Å². The Balaban J connectivity index is 1.65. The van der Waals surface area contributed by atoms with E-state index in [0.717, 1.165) is 19.3 Å². The second-order valence-electron chi connectivity index (χ2n) is 4.64. The number of allylic oxidation sites excluding steroid dienone is 2. The standard InChI is InChI=1S/C15H18N2O3/c18-14(12-6-8-16-9-7-12)17-10-11-20-15(19)13-4-2-1-3-5-13/h1-2,6-9,13H,3-5,10-11H2,(H,17,18)/t13-/m1/s1. The van der Waals surface area contributed by atoms with Crippen LogP contribution in [0.3, 0.4) is 0 Å². The van der Waals surface area contributed by atoms with E-state index >= 15 is 0 Å². The highest BCUT2D eigenvalue weighted by Gasteiger charge is 2.19. The molecule has 106 valence electrons. The lowest BCUT2D eigenvalue weighted by atomic mass is 9.95. The number of nitrogens with one attached hydrogen (secondary N) is 1. The number of nitrogens with zero attached hydrogens (tertiary/aromatic N) is 1. The van der Waals surface area contributed by atoms with Crippen molar-refractivity contribution in [3.8, 4) is 0 Å².